The van der Waals surface area contributed by atoms with E-state index in [0.717, 1.165) is 40.7 Å². The number of nitrogens with zero attached hydrogens (tertiary/aromatic N) is 4. The van der Waals surface area contributed by atoms with Crippen LogP contribution in [-0.4, -0.2) is 73.7 Å². The minimum Gasteiger partial charge on any atom is -0.480 e. The van der Waals surface area contributed by atoms with Crippen molar-refractivity contribution in [1.82, 2.24) is 9.88 Å². The molecule has 1 aromatic heterocycles. The van der Waals surface area contributed by atoms with Crippen LogP contribution >= 0.6 is 0 Å². The van der Waals surface area contributed by atoms with Crippen LogP contribution in [0.5, 0.6) is 5.75 Å². The zero-order valence-corrected chi connectivity index (χ0v) is 24.0. The van der Waals surface area contributed by atoms with Crippen molar-refractivity contribution in [2.45, 2.75) is 43.1 Å². The van der Waals surface area contributed by atoms with Gasteiger partial charge in [0.1, 0.15) is 17.1 Å². The predicted octanol–water partition coefficient (Wildman–Crippen LogP) is 5.07. The number of anilines is 2. The lowest BCUT2D eigenvalue weighted by Crippen LogP contribution is -2.65. The third-order valence-electron chi connectivity index (χ3n) is 7.74. The first-order valence-electron chi connectivity index (χ1n) is 13.2. The van der Waals surface area contributed by atoms with E-state index in [9.17, 15) is 44.7 Å². The zero-order chi connectivity index (χ0) is 32.2. The molecule has 2 aliphatic rings. The summed E-state index contributed by atoms with van der Waals surface area (Å²) in [6.07, 6.45) is -3.54. The van der Waals surface area contributed by atoms with Gasteiger partial charge in [-0.05, 0) is 55.8 Å². The molecule has 1 atom stereocenters. The number of rotatable bonds is 7. The number of aliphatic carboxylic acids is 1. The number of carbonyl (C=O) groups is 1. The van der Waals surface area contributed by atoms with Crippen LogP contribution in [0.4, 0.5) is 37.8 Å². The summed E-state index contributed by atoms with van der Waals surface area (Å²) in [5.74, 6) is -2.35. The second-order valence-corrected chi connectivity index (χ2v) is 12.7. The number of aromatic nitrogens is 1. The standard InChI is InChI=1S/C28H26F6N4O5S/c1-27(2,25(39)40)36-6-7-37-20(14-36)15-38(44(41,42)22-5-3-4-18(11-22)28(32,33)34)23-10-17(13-35-24(23)37)16-8-19(29)12-21(9-16)43-26(30)31/h3-5,8-13,20,26H,6-7,14-15H2,1-2H3,(H,39,40)/t20-/m0/s1. The lowest BCUT2D eigenvalue weighted by atomic mass is 9.98. The number of pyridine rings is 1. The summed E-state index contributed by atoms with van der Waals surface area (Å²) in [6, 6.07) is 6.79. The number of alkyl halides is 5. The van der Waals surface area contributed by atoms with Gasteiger partial charge in [-0.2, -0.15) is 22.0 Å². The molecule has 0 bridgehead atoms. The molecule has 0 aliphatic carbocycles. The zero-order valence-electron chi connectivity index (χ0n) is 23.2. The van der Waals surface area contributed by atoms with Crippen molar-refractivity contribution in [3.05, 3.63) is 66.1 Å². The highest BCUT2D eigenvalue weighted by Crippen LogP contribution is 2.42. The van der Waals surface area contributed by atoms with Crippen molar-refractivity contribution in [3.8, 4) is 16.9 Å². The van der Waals surface area contributed by atoms with E-state index >= 15 is 0 Å². The van der Waals surface area contributed by atoms with Crippen molar-refractivity contribution in [2.75, 3.05) is 35.4 Å². The van der Waals surface area contributed by atoms with Crippen molar-refractivity contribution in [3.63, 3.8) is 0 Å². The maximum Gasteiger partial charge on any atom is 0.416 e. The number of fused-ring (bicyclic) bond motifs is 3. The quantitative estimate of drug-likeness (QED) is 0.356. The van der Waals surface area contributed by atoms with E-state index < -0.39 is 62.4 Å². The van der Waals surface area contributed by atoms with Crippen molar-refractivity contribution in [1.29, 1.82) is 0 Å². The molecule has 0 saturated carbocycles. The predicted molar refractivity (Wildman–Crippen MR) is 147 cm³/mol. The van der Waals surface area contributed by atoms with Crippen LogP contribution in [-0.2, 0) is 21.0 Å². The Morgan fingerprint density at radius 3 is 2.43 bits per heavy atom. The molecule has 2 aromatic carbocycles. The number of piperazine rings is 1. The highest BCUT2D eigenvalue weighted by atomic mass is 32.2. The van der Waals surface area contributed by atoms with E-state index in [4.69, 9.17) is 0 Å². The van der Waals surface area contributed by atoms with Crippen LogP contribution in [0.1, 0.15) is 19.4 Å². The van der Waals surface area contributed by atoms with Crippen LogP contribution in [0.15, 0.2) is 59.6 Å². The first-order valence-corrected chi connectivity index (χ1v) is 14.6. The largest absolute Gasteiger partial charge is 0.480 e. The number of ether oxygens (including phenoxy) is 1. The Labute approximate surface area is 248 Å². The second kappa shape index (κ2) is 11.1. The fourth-order valence-electron chi connectivity index (χ4n) is 5.32. The van der Waals surface area contributed by atoms with Crippen LogP contribution < -0.4 is 13.9 Å². The Kier molecular flexibility index (Phi) is 7.95. The highest BCUT2D eigenvalue weighted by molar-refractivity contribution is 7.92. The van der Waals surface area contributed by atoms with Gasteiger partial charge in [-0.15, -0.1) is 0 Å². The van der Waals surface area contributed by atoms with Crippen molar-refractivity contribution in [2.24, 2.45) is 0 Å². The first-order chi connectivity index (χ1) is 20.5. The number of carboxylic acids is 1. The summed E-state index contributed by atoms with van der Waals surface area (Å²) in [4.78, 5) is 19.2. The average molecular weight is 645 g/mol. The van der Waals surface area contributed by atoms with E-state index in [1.807, 2.05) is 0 Å². The van der Waals surface area contributed by atoms with Crippen LogP contribution in [0, 0.1) is 5.82 Å². The van der Waals surface area contributed by atoms with Crippen LogP contribution in [0.3, 0.4) is 0 Å². The molecule has 3 heterocycles. The summed E-state index contributed by atoms with van der Waals surface area (Å²) in [5, 5.41) is 9.75. The third kappa shape index (κ3) is 5.87. The minimum absolute atomic E-state index is 0.0301. The van der Waals surface area contributed by atoms with Gasteiger partial charge in [0.15, 0.2) is 5.82 Å². The summed E-state index contributed by atoms with van der Waals surface area (Å²) in [7, 11) is -4.68. The Hall–Kier alpha value is -4.05. The third-order valence-corrected chi connectivity index (χ3v) is 9.52. The molecule has 1 saturated heterocycles. The maximum atomic E-state index is 14.3. The van der Waals surface area contributed by atoms with Gasteiger partial charge in [-0.1, -0.05) is 6.07 Å². The number of hydrogen-bond donors (Lipinski definition) is 1. The summed E-state index contributed by atoms with van der Waals surface area (Å²) in [6.45, 7) is 0.104. The molecular weight excluding hydrogens is 618 g/mol. The number of hydrogen-bond acceptors (Lipinski definition) is 7. The van der Waals surface area contributed by atoms with E-state index in [0.29, 0.717) is 6.07 Å². The van der Waals surface area contributed by atoms with Gasteiger partial charge < -0.3 is 14.7 Å². The number of sulfonamides is 1. The maximum absolute atomic E-state index is 14.3. The van der Waals surface area contributed by atoms with E-state index in [1.165, 1.54) is 26.1 Å². The molecule has 236 valence electrons. The Balaban J connectivity index is 1.63. The molecule has 0 amide bonds. The van der Waals surface area contributed by atoms with Crippen LogP contribution in [0.25, 0.3) is 11.1 Å². The average Bonchev–Trinajstić information content (AvgIpc) is 2.95. The minimum atomic E-state index is -4.82. The summed E-state index contributed by atoms with van der Waals surface area (Å²) in [5.41, 5.74) is -2.37. The molecule has 0 spiro atoms. The molecule has 5 rings (SSSR count). The van der Waals surface area contributed by atoms with Gasteiger partial charge in [0.25, 0.3) is 10.0 Å². The molecule has 9 nitrogen and oxygen atoms in total. The molecule has 1 fully saturated rings. The van der Waals surface area contributed by atoms with Crippen LogP contribution in [0.2, 0.25) is 0 Å². The molecule has 0 unspecified atom stereocenters. The second-order valence-electron chi connectivity index (χ2n) is 10.8. The molecule has 16 heteroatoms. The van der Waals surface area contributed by atoms with Gasteiger partial charge in [0.2, 0.25) is 0 Å². The molecule has 44 heavy (non-hydrogen) atoms. The number of carboxylic acid groups (broad SMARTS) is 1. The smallest absolute Gasteiger partial charge is 0.416 e. The number of benzene rings is 2. The SMILES string of the molecule is CC(C)(C(=O)O)N1CCN2c3ncc(-c4cc(F)cc(OC(F)F)c4)cc3N(S(=O)(=O)c3cccc(C(F)(F)F)c3)C[C@@H]2C1. The summed E-state index contributed by atoms with van der Waals surface area (Å²) >= 11 is 0. The van der Waals surface area contributed by atoms with E-state index in [2.05, 4.69) is 9.72 Å². The van der Waals surface area contributed by atoms with E-state index in [-0.39, 0.29) is 48.8 Å². The topological polar surface area (TPSA) is 103 Å². The number of halogens is 6. The molecule has 2 aliphatic heterocycles. The van der Waals surface area contributed by atoms with Gasteiger partial charge in [-0.25, -0.2) is 17.8 Å². The highest BCUT2D eigenvalue weighted by Gasteiger charge is 2.45. The molecular formula is C28H26F6N4O5S. The Morgan fingerprint density at radius 2 is 1.77 bits per heavy atom. The lowest BCUT2D eigenvalue weighted by Gasteiger charge is -2.50. The van der Waals surface area contributed by atoms with Gasteiger partial charge in [0, 0.05) is 37.5 Å². The van der Waals surface area contributed by atoms with Gasteiger partial charge in [-0.3, -0.25) is 14.0 Å². The Bertz CT molecular complexity index is 1700. The van der Waals surface area contributed by atoms with Gasteiger partial charge >= 0.3 is 18.8 Å². The van der Waals surface area contributed by atoms with Crippen molar-refractivity contribution >= 4 is 27.5 Å². The first kappa shape index (κ1) is 31.4. The van der Waals surface area contributed by atoms with E-state index in [1.54, 1.807) is 9.80 Å². The summed E-state index contributed by atoms with van der Waals surface area (Å²) < 4.78 is 114. The van der Waals surface area contributed by atoms with Crippen molar-refractivity contribution < 1.29 is 49.4 Å². The Morgan fingerprint density at radius 1 is 1.05 bits per heavy atom. The monoisotopic (exact) mass is 644 g/mol. The molecule has 0 radical (unpaired) electrons. The fraction of sp³-hybridized carbons (Fsp3) is 0.357. The molecule has 1 N–H and O–H groups in total. The normalized spacial score (nSPS) is 17.8. The fourth-order valence-corrected chi connectivity index (χ4v) is 6.86. The van der Waals surface area contributed by atoms with Gasteiger partial charge in [0.05, 0.1) is 28.7 Å². The molecule has 3 aromatic rings. The lowest BCUT2D eigenvalue weighted by molar-refractivity contribution is -0.150.